The van der Waals surface area contributed by atoms with Crippen LogP contribution in [0.25, 0.3) is 0 Å². The van der Waals surface area contributed by atoms with Gasteiger partial charge in [-0.1, -0.05) is 29.8 Å². The second kappa shape index (κ2) is 7.02. The van der Waals surface area contributed by atoms with Gasteiger partial charge in [0.2, 0.25) is 0 Å². The summed E-state index contributed by atoms with van der Waals surface area (Å²) in [6.45, 7) is 5.53. The molecule has 19 heavy (non-hydrogen) atoms. The lowest BCUT2D eigenvalue weighted by atomic mass is 10.1. The topological polar surface area (TPSA) is 42.1 Å². The minimum Gasteiger partial charge on any atom is -0.329 e. The minimum atomic E-state index is 0.678. The van der Waals surface area contributed by atoms with Crippen molar-refractivity contribution in [3.05, 3.63) is 65.5 Å². The van der Waals surface area contributed by atoms with Crippen molar-refractivity contribution in [2.24, 2.45) is 5.73 Å². The molecule has 0 radical (unpaired) electrons. The van der Waals surface area contributed by atoms with Crippen LogP contribution in [-0.4, -0.2) is 23.0 Å². The fourth-order valence-corrected chi connectivity index (χ4v) is 2.09. The Kier molecular flexibility index (Phi) is 5.07. The molecule has 2 rings (SSSR count). The highest BCUT2D eigenvalue weighted by Gasteiger charge is 2.06. The van der Waals surface area contributed by atoms with Crippen LogP contribution in [-0.2, 0) is 13.1 Å². The Bertz CT molecular complexity index is 479. The molecule has 2 N–H and O–H groups in total. The Hall–Kier alpha value is -1.71. The Labute approximate surface area is 115 Å². The van der Waals surface area contributed by atoms with Crippen LogP contribution in [0.3, 0.4) is 0 Å². The van der Waals surface area contributed by atoms with Gasteiger partial charge in [-0.15, -0.1) is 0 Å². The van der Waals surface area contributed by atoms with E-state index < -0.39 is 0 Å². The highest BCUT2D eigenvalue weighted by Crippen LogP contribution is 2.10. The largest absolute Gasteiger partial charge is 0.329 e. The van der Waals surface area contributed by atoms with Crippen molar-refractivity contribution in [3.63, 3.8) is 0 Å². The molecule has 1 aromatic carbocycles. The maximum atomic E-state index is 5.71. The van der Waals surface area contributed by atoms with Crippen molar-refractivity contribution in [3.8, 4) is 0 Å². The molecule has 2 aromatic rings. The number of nitrogens with zero attached hydrogens (tertiary/aromatic N) is 2. The predicted octanol–water partition coefficient (Wildman–Crippen LogP) is 2.35. The van der Waals surface area contributed by atoms with E-state index in [1.54, 1.807) is 0 Å². The van der Waals surface area contributed by atoms with E-state index in [4.69, 9.17) is 5.73 Å². The summed E-state index contributed by atoms with van der Waals surface area (Å²) in [5.41, 5.74) is 9.60. The van der Waals surface area contributed by atoms with Crippen LogP contribution in [0.1, 0.15) is 16.7 Å². The minimum absolute atomic E-state index is 0.678. The molecule has 0 atom stereocenters. The molecular formula is C16H21N3. The zero-order valence-electron chi connectivity index (χ0n) is 11.4. The van der Waals surface area contributed by atoms with Crippen LogP contribution in [0.5, 0.6) is 0 Å². The Balaban J connectivity index is 2.01. The van der Waals surface area contributed by atoms with Crippen LogP contribution in [0.2, 0.25) is 0 Å². The monoisotopic (exact) mass is 255 g/mol. The lowest BCUT2D eigenvalue weighted by Gasteiger charge is -2.21. The first-order valence-electron chi connectivity index (χ1n) is 6.65. The van der Waals surface area contributed by atoms with Gasteiger partial charge in [-0.2, -0.15) is 0 Å². The number of hydrogen-bond donors (Lipinski definition) is 1. The van der Waals surface area contributed by atoms with E-state index >= 15 is 0 Å². The molecule has 1 heterocycles. The first kappa shape index (κ1) is 13.7. The Morgan fingerprint density at radius 1 is 0.947 bits per heavy atom. The van der Waals surface area contributed by atoms with Crippen LogP contribution >= 0.6 is 0 Å². The van der Waals surface area contributed by atoms with E-state index in [1.807, 2.05) is 12.4 Å². The number of benzene rings is 1. The first-order chi connectivity index (χ1) is 9.28. The molecule has 100 valence electrons. The van der Waals surface area contributed by atoms with E-state index in [0.717, 1.165) is 19.6 Å². The zero-order valence-corrected chi connectivity index (χ0v) is 11.4. The molecule has 3 heteroatoms. The number of aromatic nitrogens is 1. The molecule has 3 nitrogen and oxygen atoms in total. The molecule has 0 unspecified atom stereocenters. The molecule has 1 aromatic heterocycles. The second-order valence-corrected chi connectivity index (χ2v) is 4.84. The van der Waals surface area contributed by atoms with Gasteiger partial charge < -0.3 is 5.73 Å². The van der Waals surface area contributed by atoms with Crippen molar-refractivity contribution in [2.75, 3.05) is 13.1 Å². The van der Waals surface area contributed by atoms with Gasteiger partial charge in [0.15, 0.2) is 0 Å². The number of hydrogen-bond acceptors (Lipinski definition) is 3. The lowest BCUT2D eigenvalue weighted by molar-refractivity contribution is 0.264. The fourth-order valence-electron chi connectivity index (χ4n) is 2.09. The van der Waals surface area contributed by atoms with Gasteiger partial charge in [0.1, 0.15) is 0 Å². The highest BCUT2D eigenvalue weighted by molar-refractivity contribution is 5.21. The van der Waals surface area contributed by atoms with Gasteiger partial charge >= 0.3 is 0 Å². The van der Waals surface area contributed by atoms with Crippen molar-refractivity contribution in [1.82, 2.24) is 9.88 Å². The summed E-state index contributed by atoms with van der Waals surface area (Å²) in [6, 6.07) is 12.8. The smallest absolute Gasteiger partial charge is 0.0271 e. The third-order valence-corrected chi connectivity index (χ3v) is 3.13. The summed E-state index contributed by atoms with van der Waals surface area (Å²) in [4.78, 5) is 6.41. The highest BCUT2D eigenvalue weighted by atomic mass is 15.1. The van der Waals surface area contributed by atoms with E-state index in [1.165, 1.54) is 16.7 Å². The molecule has 0 aliphatic carbocycles. The van der Waals surface area contributed by atoms with E-state index in [2.05, 4.69) is 53.2 Å². The van der Waals surface area contributed by atoms with E-state index in [0.29, 0.717) is 6.54 Å². The van der Waals surface area contributed by atoms with E-state index in [9.17, 15) is 0 Å². The molecule has 0 aliphatic heterocycles. The second-order valence-electron chi connectivity index (χ2n) is 4.84. The molecule has 0 saturated carbocycles. The summed E-state index contributed by atoms with van der Waals surface area (Å²) in [7, 11) is 0. The SMILES string of the molecule is Cc1ccc(CN(CCN)Cc2ccncc2)cc1. The predicted molar refractivity (Wildman–Crippen MR) is 78.6 cm³/mol. The van der Waals surface area contributed by atoms with Crippen molar-refractivity contribution in [1.29, 1.82) is 0 Å². The van der Waals surface area contributed by atoms with Crippen molar-refractivity contribution in [2.45, 2.75) is 20.0 Å². The van der Waals surface area contributed by atoms with Crippen LogP contribution in [0, 0.1) is 6.92 Å². The van der Waals surface area contributed by atoms with Crippen molar-refractivity contribution < 1.29 is 0 Å². The normalized spacial score (nSPS) is 10.9. The summed E-state index contributed by atoms with van der Waals surface area (Å²) >= 11 is 0. The van der Waals surface area contributed by atoms with Crippen molar-refractivity contribution >= 4 is 0 Å². The average molecular weight is 255 g/mol. The number of pyridine rings is 1. The lowest BCUT2D eigenvalue weighted by Crippen LogP contribution is -2.28. The molecule has 0 amide bonds. The summed E-state index contributed by atoms with van der Waals surface area (Å²) < 4.78 is 0. The third-order valence-electron chi connectivity index (χ3n) is 3.13. The standard InChI is InChI=1S/C16H21N3/c1-14-2-4-15(5-3-14)12-19(11-8-17)13-16-6-9-18-10-7-16/h2-7,9-10H,8,11-13,17H2,1H3. The maximum Gasteiger partial charge on any atom is 0.0271 e. The number of aryl methyl sites for hydroxylation is 1. The molecule has 0 spiro atoms. The molecule has 0 bridgehead atoms. The molecule has 0 fully saturated rings. The summed E-state index contributed by atoms with van der Waals surface area (Å²) in [5, 5.41) is 0. The molecular weight excluding hydrogens is 234 g/mol. The molecule has 0 aliphatic rings. The van der Waals surface area contributed by atoms with Gasteiger partial charge in [-0.05, 0) is 30.2 Å². The molecule has 0 saturated heterocycles. The zero-order chi connectivity index (χ0) is 13.5. The fraction of sp³-hybridized carbons (Fsp3) is 0.312. The van der Waals surface area contributed by atoms with Crippen LogP contribution in [0.4, 0.5) is 0 Å². The van der Waals surface area contributed by atoms with Gasteiger partial charge in [0.25, 0.3) is 0 Å². The Morgan fingerprint density at radius 2 is 1.53 bits per heavy atom. The van der Waals surface area contributed by atoms with Gasteiger partial charge in [-0.3, -0.25) is 9.88 Å². The van der Waals surface area contributed by atoms with Crippen LogP contribution < -0.4 is 5.73 Å². The van der Waals surface area contributed by atoms with Gasteiger partial charge in [0.05, 0.1) is 0 Å². The average Bonchev–Trinajstić information content (AvgIpc) is 2.43. The first-order valence-corrected chi connectivity index (χ1v) is 6.65. The third kappa shape index (κ3) is 4.47. The van der Waals surface area contributed by atoms with Gasteiger partial charge in [0, 0.05) is 38.6 Å². The van der Waals surface area contributed by atoms with E-state index in [-0.39, 0.29) is 0 Å². The summed E-state index contributed by atoms with van der Waals surface area (Å²) in [5.74, 6) is 0. The number of nitrogens with two attached hydrogens (primary N) is 1. The summed E-state index contributed by atoms with van der Waals surface area (Å²) in [6.07, 6.45) is 3.67. The quantitative estimate of drug-likeness (QED) is 0.861. The van der Waals surface area contributed by atoms with Gasteiger partial charge in [-0.25, -0.2) is 0 Å². The Morgan fingerprint density at radius 3 is 2.11 bits per heavy atom. The maximum absolute atomic E-state index is 5.71. The number of rotatable bonds is 6. The van der Waals surface area contributed by atoms with Crippen LogP contribution in [0.15, 0.2) is 48.8 Å².